The lowest BCUT2D eigenvalue weighted by Crippen LogP contribution is -2.26. The Morgan fingerprint density at radius 1 is 1.25 bits per heavy atom. The molecular weight excluding hydrogens is 198 g/mol. The number of hydrogen-bond donors (Lipinski definition) is 1. The van der Waals surface area contributed by atoms with Crippen LogP contribution in [0.1, 0.15) is 6.42 Å². The fourth-order valence-corrected chi connectivity index (χ4v) is 2.35. The number of rotatable bonds is 1. The van der Waals surface area contributed by atoms with Crippen LogP contribution in [0.5, 0.6) is 0 Å². The summed E-state index contributed by atoms with van der Waals surface area (Å²) in [4.78, 5) is 6.80. The van der Waals surface area contributed by atoms with E-state index < -0.39 is 0 Å². The van der Waals surface area contributed by atoms with Crippen molar-refractivity contribution in [3.8, 4) is 0 Å². The number of nitrogens with two attached hydrogens (primary N) is 1. The average Bonchev–Trinajstić information content (AvgIpc) is 2.75. The molecule has 0 bridgehead atoms. The van der Waals surface area contributed by atoms with Crippen molar-refractivity contribution in [1.29, 1.82) is 0 Å². The Labute approximate surface area is 94.9 Å². The van der Waals surface area contributed by atoms with Crippen LogP contribution in [0.4, 0.5) is 5.69 Å². The molecule has 2 heterocycles. The Morgan fingerprint density at radius 2 is 2.12 bits per heavy atom. The van der Waals surface area contributed by atoms with Crippen molar-refractivity contribution in [1.82, 2.24) is 4.98 Å². The monoisotopic (exact) mass is 213 g/mol. The van der Waals surface area contributed by atoms with Crippen LogP contribution in [-0.2, 0) is 0 Å². The zero-order chi connectivity index (χ0) is 11.0. The van der Waals surface area contributed by atoms with Gasteiger partial charge in [0.2, 0.25) is 0 Å². The lowest BCUT2D eigenvalue weighted by atomic mass is 10.2. The summed E-state index contributed by atoms with van der Waals surface area (Å²) in [7, 11) is 0. The van der Waals surface area contributed by atoms with E-state index in [9.17, 15) is 0 Å². The van der Waals surface area contributed by atoms with Gasteiger partial charge in [-0.2, -0.15) is 0 Å². The maximum Gasteiger partial charge on any atom is 0.0935 e. The van der Waals surface area contributed by atoms with E-state index in [0.717, 1.165) is 25.0 Å². The Balaban J connectivity index is 2.09. The van der Waals surface area contributed by atoms with Crippen molar-refractivity contribution in [3.05, 3.63) is 36.5 Å². The van der Waals surface area contributed by atoms with Gasteiger partial charge in [0.15, 0.2) is 0 Å². The largest absolute Gasteiger partial charge is 0.368 e. The van der Waals surface area contributed by atoms with Gasteiger partial charge in [0.1, 0.15) is 0 Å². The fraction of sp³-hybridized carbons (Fsp3) is 0.308. The van der Waals surface area contributed by atoms with E-state index in [1.807, 2.05) is 12.3 Å². The first kappa shape index (κ1) is 9.60. The molecule has 0 amide bonds. The van der Waals surface area contributed by atoms with E-state index in [1.165, 1.54) is 11.1 Å². The highest BCUT2D eigenvalue weighted by Crippen LogP contribution is 2.27. The molecule has 1 aromatic heterocycles. The number of hydrogen-bond acceptors (Lipinski definition) is 3. The molecule has 3 nitrogen and oxygen atoms in total. The fourth-order valence-electron chi connectivity index (χ4n) is 2.35. The minimum atomic E-state index is 0.305. The molecule has 1 aromatic carbocycles. The molecule has 0 aliphatic carbocycles. The molecule has 1 atom stereocenters. The highest BCUT2D eigenvalue weighted by atomic mass is 15.2. The van der Waals surface area contributed by atoms with Gasteiger partial charge in [-0.3, -0.25) is 4.98 Å². The van der Waals surface area contributed by atoms with E-state index in [1.54, 1.807) is 0 Å². The third-order valence-electron chi connectivity index (χ3n) is 3.18. The quantitative estimate of drug-likeness (QED) is 0.785. The summed E-state index contributed by atoms with van der Waals surface area (Å²) in [6.45, 7) is 1.98. The second kappa shape index (κ2) is 3.76. The lowest BCUT2D eigenvalue weighted by molar-refractivity contribution is 0.752. The predicted octanol–water partition coefficient (Wildman–Crippen LogP) is 1.77. The Bertz CT molecular complexity index is 504. The summed E-state index contributed by atoms with van der Waals surface area (Å²) < 4.78 is 0. The summed E-state index contributed by atoms with van der Waals surface area (Å²) >= 11 is 0. The molecule has 3 heteroatoms. The van der Waals surface area contributed by atoms with E-state index in [2.05, 4.69) is 34.1 Å². The topological polar surface area (TPSA) is 42.1 Å². The molecule has 1 saturated heterocycles. The molecule has 82 valence electrons. The summed E-state index contributed by atoms with van der Waals surface area (Å²) in [5.74, 6) is 0. The van der Waals surface area contributed by atoms with Crippen LogP contribution in [0, 0.1) is 0 Å². The minimum Gasteiger partial charge on any atom is -0.368 e. The number of pyridine rings is 1. The first-order valence-corrected chi connectivity index (χ1v) is 5.69. The predicted molar refractivity (Wildman–Crippen MR) is 66.5 cm³/mol. The SMILES string of the molecule is N[C@H]1CCN(c2cccc3cccnc23)C1. The van der Waals surface area contributed by atoms with Gasteiger partial charge in [0, 0.05) is 30.7 Å². The Hall–Kier alpha value is -1.61. The van der Waals surface area contributed by atoms with Crippen LogP contribution < -0.4 is 10.6 Å². The van der Waals surface area contributed by atoms with Gasteiger partial charge < -0.3 is 10.6 Å². The van der Waals surface area contributed by atoms with Crippen molar-refractivity contribution < 1.29 is 0 Å². The van der Waals surface area contributed by atoms with E-state index in [4.69, 9.17) is 5.73 Å². The van der Waals surface area contributed by atoms with E-state index in [-0.39, 0.29) is 0 Å². The molecule has 1 aliphatic rings. The van der Waals surface area contributed by atoms with Crippen LogP contribution in [-0.4, -0.2) is 24.1 Å². The third kappa shape index (κ3) is 1.53. The van der Waals surface area contributed by atoms with Crippen LogP contribution in [0.15, 0.2) is 36.5 Å². The van der Waals surface area contributed by atoms with E-state index >= 15 is 0 Å². The van der Waals surface area contributed by atoms with Gasteiger partial charge in [-0.25, -0.2) is 0 Å². The zero-order valence-corrected chi connectivity index (χ0v) is 9.13. The van der Waals surface area contributed by atoms with Gasteiger partial charge in [-0.1, -0.05) is 18.2 Å². The number of fused-ring (bicyclic) bond motifs is 1. The number of para-hydroxylation sites is 1. The number of anilines is 1. The van der Waals surface area contributed by atoms with Crippen LogP contribution in [0.2, 0.25) is 0 Å². The average molecular weight is 213 g/mol. The maximum atomic E-state index is 5.94. The molecule has 0 unspecified atom stereocenters. The van der Waals surface area contributed by atoms with Crippen molar-refractivity contribution in [2.24, 2.45) is 5.73 Å². The smallest absolute Gasteiger partial charge is 0.0935 e. The summed E-state index contributed by atoms with van der Waals surface area (Å²) in [6, 6.07) is 10.7. The van der Waals surface area contributed by atoms with Crippen molar-refractivity contribution in [3.63, 3.8) is 0 Å². The molecular formula is C13H15N3. The van der Waals surface area contributed by atoms with Gasteiger partial charge in [0.05, 0.1) is 11.2 Å². The van der Waals surface area contributed by atoms with Crippen LogP contribution >= 0.6 is 0 Å². The molecule has 16 heavy (non-hydrogen) atoms. The first-order chi connectivity index (χ1) is 7.84. The molecule has 1 fully saturated rings. The summed E-state index contributed by atoms with van der Waals surface area (Å²) in [5, 5.41) is 1.19. The summed E-state index contributed by atoms with van der Waals surface area (Å²) in [6.07, 6.45) is 2.92. The second-order valence-electron chi connectivity index (χ2n) is 4.35. The third-order valence-corrected chi connectivity index (χ3v) is 3.18. The number of nitrogens with zero attached hydrogens (tertiary/aromatic N) is 2. The summed E-state index contributed by atoms with van der Waals surface area (Å²) in [5.41, 5.74) is 8.24. The first-order valence-electron chi connectivity index (χ1n) is 5.69. The van der Waals surface area contributed by atoms with Crippen LogP contribution in [0.3, 0.4) is 0 Å². The Morgan fingerprint density at radius 3 is 2.94 bits per heavy atom. The molecule has 1 aliphatic heterocycles. The molecule has 2 N–H and O–H groups in total. The molecule has 2 aromatic rings. The maximum absolute atomic E-state index is 5.94. The highest BCUT2D eigenvalue weighted by Gasteiger charge is 2.20. The molecule has 3 rings (SSSR count). The van der Waals surface area contributed by atoms with Gasteiger partial charge in [-0.05, 0) is 18.6 Å². The van der Waals surface area contributed by atoms with Gasteiger partial charge in [0.25, 0.3) is 0 Å². The second-order valence-corrected chi connectivity index (χ2v) is 4.35. The van der Waals surface area contributed by atoms with Gasteiger partial charge >= 0.3 is 0 Å². The molecule has 0 radical (unpaired) electrons. The zero-order valence-electron chi connectivity index (χ0n) is 9.13. The minimum absolute atomic E-state index is 0.305. The molecule has 0 spiro atoms. The van der Waals surface area contributed by atoms with Crippen molar-refractivity contribution in [2.45, 2.75) is 12.5 Å². The highest BCUT2D eigenvalue weighted by molar-refractivity contribution is 5.90. The number of benzene rings is 1. The van der Waals surface area contributed by atoms with Crippen molar-refractivity contribution in [2.75, 3.05) is 18.0 Å². The van der Waals surface area contributed by atoms with Crippen LogP contribution in [0.25, 0.3) is 10.9 Å². The van der Waals surface area contributed by atoms with Crippen molar-refractivity contribution >= 4 is 16.6 Å². The standard InChI is InChI=1S/C13H15N3/c14-11-6-8-16(9-11)12-5-1-3-10-4-2-7-15-13(10)12/h1-5,7,11H,6,8-9,14H2/t11-/m0/s1. The Kier molecular flexibility index (Phi) is 2.26. The number of aromatic nitrogens is 1. The van der Waals surface area contributed by atoms with Gasteiger partial charge in [-0.15, -0.1) is 0 Å². The van der Waals surface area contributed by atoms with E-state index in [0.29, 0.717) is 6.04 Å². The normalized spacial score (nSPS) is 20.6. The lowest BCUT2D eigenvalue weighted by Gasteiger charge is -2.19. The molecule has 0 saturated carbocycles.